The fraction of sp³-hybridized carbons (Fsp3) is 0.957. The van der Waals surface area contributed by atoms with Crippen molar-refractivity contribution in [3.63, 3.8) is 0 Å². The molecule has 10 atom stereocenters. The summed E-state index contributed by atoms with van der Waals surface area (Å²) in [5.74, 6) is -0.216. The highest BCUT2D eigenvalue weighted by atomic mass is 16.8. The lowest BCUT2D eigenvalue weighted by atomic mass is 9.97. The van der Waals surface area contributed by atoms with E-state index in [0.717, 1.165) is 32.1 Å². The Kier molecular flexibility index (Phi) is 14.0. The molecule has 0 spiro atoms. The lowest BCUT2D eigenvalue weighted by molar-refractivity contribution is -0.368. The minimum atomic E-state index is -1.59. The Morgan fingerprint density at radius 2 is 1.31 bits per heavy atom. The molecule has 2 rings (SSSR count). The van der Waals surface area contributed by atoms with E-state index in [0.29, 0.717) is 12.8 Å². The number of methoxy groups -OCH3 is 2. The summed E-state index contributed by atoms with van der Waals surface area (Å²) in [5, 5.41) is 60.8. The topological polar surface area (TPSA) is 194 Å². The van der Waals surface area contributed by atoms with Gasteiger partial charge in [-0.1, -0.05) is 25.7 Å². The van der Waals surface area contributed by atoms with Gasteiger partial charge in [-0.05, 0) is 12.8 Å². The van der Waals surface area contributed by atoms with Crippen LogP contribution in [-0.2, 0) is 33.2 Å². The summed E-state index contributed by atoms with van der Waals surface area (Å²) in [4.78, 5) is 11.1. The van der Waals surface area contributed by atoms with Crippen molar-refractivity contribution in [2.24, 2.45) is 0 Å². The highest BCUT2D eigenvalue weighted by molar-refractivity contribution is 5.68. The Morgan fingerprint density at radius 3 is 1.92 bits per heavy atom. The van der Waals surface area contributed by atoms with Gasteiger partial charge in [0.2, 0.25) is 0 Å². The number of ether oxygens (including phenoxy) is 6. The predicted octanol–water partition coefficient (Wildman–Crippen LogP) is -1.82. The van der Waals surface area contributed by atoms with Crippen molar-refractivity contribution in [2.45, 2.75) is 106 Å². The summed E-state index contributed by atoms with van der Waals surface area (Å²) in [6.45, 7) is -0.862. The van der Waals surface area contributed by atoms with Crippen molar-refractivity contribution < 1.29 is 63.9 Å². The van der Waals surface area contributed by atoms with Crippen LogP contribution < -0.4 is 0 Å². The molecule has 0 unspecified atom stereocenters. The monoisotopic (exact) mass is 526 g/mol. The van der Waals surface area contributed by atoms with Gasteiger partial charge in [0.1, 0.15) is 48.8 Å². The Hall–Kier alpha value is -0.970. The van der Waals surface area contributed by atoms with Crippen LogP contribution >= 0.6 is 0 Å². The van der Waals surface area contributed by atoms with Crippen LogP contribution in [0.25, 0.3) is 0 Å². The third-order valence-electron chi connectivity index (χ3n) is 6.49. The van der Waals surface area contributed by atoms with E-state index in [-0.39, 0.29) is 12.6 Å². The van der Waals surface area contributed by atoms with E-state index in [9.17, 15) is 35.4 Å². The maximum absolute atomic E-state index is 11.1. The molecule has 2 saturated heterocycles. The number of unbranched alkanes of at least 4 members (excludes halogenated alkanes) is 5. The van der Waals surface area contributed by atoms with Crippen molar-refractivity contribution in [3.8, 4) is 0 Å². The number of rotatable bonds is 15. The van der Waals surface area contributed by atoms with E-state index >= 15 is 0 Å². The fourth-order valence-corrected chi connectivity index (χ4v) is 4.33. The molecule has 2 aliphatic heterocycles. The standard InChI is InChI=1S/C23H42O13/c1-31-15(26)9-7-5-3-4-6-8-10-33-23-21(17(28)16(27)13(11-24)34-23)36-22-19(30)18(29)20(32-2)14(12-25)35-22/h13-14,16-25,27-30H,3-12H2,1-2H3/t13-,14-,16-,17+,18-,19-,20-,21-,22-,23+/m1/s1. The molecule has 2 heterocycles. The lowest BCUT2D eigenvalue weighted by Crippen LogP contribution is -2.64. The molecule has 0 saturated carbocycles. The average molecular weight is 527 g/mol. The maximum Gasteiger partial charge on any atom is 0.305 e. The molecular weight excluding hydrogens is 484 g/mol. The maximum atomic E-state index is 11.1. The zero-order chi connectivity index (χ0) is 26.7. The molecule has 6 N–H and O–H groups in total. The largest absolute Gasteiger partial charge is 0.469 e. The highest BCUT2D eigenvalue weighted by Crippen LogP contribution is 2.30. The second-order valence-electron chi connectivity index (χ2n) is 9.03. The minimum absolute atomic E-state index is 0.216. The third-order valence-corrected chi connectivity index (χ3v) is 6.49. The van der Waals surface area contributed by atoms with Gasteiger partial charge in [0, 0.05) is 20.1 Å². The molecule has 36 heavy (non-hydrogen) atoms. The number of aliphatic hydroxyl groups is 6. The number of carbonyl (C=O) groups is 1. The van der Waals surface area contributed by atoms with Gasteiger partial charge in [0.05, 0.1) is 20.3 Å². The molecule has 0 aromatic heterocycles. The summed E-state index contributed by atoms with van der Waals surface area (Å²) >= 11 is 0. The molecule has 212 valence electrons. The lowest BCUT2D eigenvalue weighted by Gasteiger charge is -2.46. The van der Waals surface area contributed by atoms with Crippen LogP contribution in [0.15, 0.2) is 0 Å². The fourth-order valence-electron chi connectivity index (χ4n) is 4.33. The molecule has 13 heteroatoms. The first-order chi connectivity index (χ1) is 17.3. The van der Waals surface area contributed by atoms with E-state index in [4.69, 9.17) is 23.7 Å². The second kappa shape index (κ2) is 16.1. The number of aliphatic hydroxyl groups excluding tert-OH is 6. The number of hydrogen-bond donors (Lipinski definition) is 6. The van der Waals surface area contributed by atoms with Crippen LogP contribution in [0.3, 0.4) is 0 Å². The summed E-state index contributed by atoms with van der Waals surface area (Å²) < 4.78 is 32.3. The number of hydrogen-bond acceptors (Lipinski definition) is 13. The van der Waals surface area contributed by atoms with Crippen molar-refractivity contribution in [3.05, 3.63) is 0 Å². The molecule has 13 nitrogen and oxygen atoms in total. The third kappa shape index (κ3) is 8.53. The van der Waals surface area contributed by atoms with Crippen molar-refractivity contribution in [1.82, 2.24) is 0 Å². The molecule has 0 radical (unpaired) electrons. The van der Waals surface area contributed by atoms with Gasteiger partial charge in [-0.2, -0.15) is 0 Å². The molecule has 0 aliphatic carbocycles. The van der Waals surface area contributed by atoms with Gasteiger partial charge in [0.25, 0.3) is 0 Å². The number of carbonyl (C=O) groups excluding carboxylic acids is 1. The van der Waals surface area contributed by atoms with E-state index in [2.05, 4.69) is 4.74 Å². The summed E-state index contributed by atoms with van der Waals surface area (Å²) in [7, 11) is 2.66. The summed E-state index contributed by atoms with van der Waals surface area (Å²) in [6, 6.07) is 0. The second-order valence-corrected chi connectivity index (χ2v) is 9.03. The van der Waals surface area contributed by atoms with Crippen LogP contribution in [0.4, 0.5) is 0 Å². The summed E-state index contributed by atoms with van der Waals surface area (Å²) in [5.41, 5.74) is 0. The van der Waals surface area contributed by atoms with Crippen LogP contribution in [0, 0.1) is 0 Å². The van der Waals surface area contributed by atoms with Gasteiger partial charge < -0.3 is 59.1 Å². The van der Waals surface area contributed by atoms with Crippen LogP contribution in [0.1, 0.15) is 44.9 Å². The molecule has 0 aromatic carbocycles. The van der Waals surface area contributed by atoms with Crippen LogP contribution in [0.5, 0.6) is 0 Å². The zero-order valence-electron chi connectivity index (χ0n) is 20.9. The Morgan fingerprint density at radius 1 is 0.722 bits per heavy atom. The molecule has 2 fully saturated rings. The summed E-state index contributed by atoms with van der Waals surface area (Å²) in [6.07, 6.45) is -7.78. The molecule has 2 aliphatic rings. The van der Waals surface area contributed by atoms with E-state index in [1.54, 1.807) is 0 Å². The molecule has 0 amide bonds. The van der Waals surface area contributed by atoms with Gasteiger partial charge in [-0.15, -0.1) is 0 Å². The minimum Gasteiger partial charge on any atom is -0.469 e. The van der Waals surface area contributed by atoms with E-state index in [1.165, 1.54) is 14.2 Å². The van der Waals surface area contributed by atoms with Gasteiger partial charge in [-0.25, -0.2) is 0 Å². The van der Waals surface area contributed by atoms with Gasteiger partial charge in [-0.3, -0.25) is 4.79 Å². The van der Waals surface area contributed by atoms with Gasteiger partial charge in [0.15, 0.2) is 12.6 Å². The zero-order valence-corrected chi connectivity index (χ0v) is 20.9. The molecule has 0 bridgehead atoms. The van der Waals surface area contributed by atoms with Crippen molar-refractivity contribution in [2.75, 3.05) is 34.0 Å². The average Bonchev–Trinajstić information content (AvgIpc) is 2.88. The van der Waals surface area contributed by atoms with Gasteiger partial charge >= 0.3 is 5.97 Å². The Labute approximate surface area is 210 Å². The van der Waals surface area contributed by atoms with Crippen LogP contribution in [0.2, 0.25) is 0 Å². The smallest absolute Gasteiger partial charge is 0.305 e. The van der Waals surface area contributed by atoms with Crippen molar-refractivity contribution >= 4 is 5.97 Å². The van der Waals surface area contributed by atoms with E-state index < -0.39 is 74.6 Å². The first-order valence-electron chi connectivity index (χ1n) is 12.4. The highest BCUT2D eigenvalue weighted by Gasteiger charge is 2.51. The normalized spacial score (nSPS) is 37.1. The van der Waals surface area contributed by atoms with Crippen molar-refractivity contribution in [1.29, 1.82) is 0 Å². The first-order valence-corrected chi connectivity index (χ1v) is 12.4. The predicted molar refractivity (Wildman–Crippen MR) is 121 cm³/mol. The molecule has 0 aromatic rings. The Bertz CT molecular complexity index is 621. The van der Waals surface area contributed by atoms with E-state index in [1.807, 2.05) is 0 Å². The van der Waals surface area contributed by atoms with Crippen LogP contribution in [-0.4, -0.2) is 132 Å². The molecular formula is C23H42O13. The first kappa shape index (κ1) is 31.2. The number of esters is 1. The quantitative estimate of drug-likeness (QED) is 0.103. The Balaban J connectivity index is 1.89. The SMILES string of the molecule is COC(=O)CCCCCCCCO[C@H]1O[C@H](CO)[C@@H](O)[C@H](O)[C@H]1O[C@H]1O[C@H](CO)[C@@H](OC)[C@H](O)[C@H]1O.